The van der Waals surface area contributed by atoms with E-state index in [9.17, 15) is 4.79 Å². The molecule has 1 fully saturated rings. The van der Waals surface area contributed by atoms with Crippen LogP contribution in [0.5, 0.6) is 5.75 Å². The summed E-state index contributed by atoms with van der Waals surface area (Å²) in [6.07, 6.45) is 3.44. The molecule has 1 aliphatic carbocycles. The molecule has 0 saturated heterocycles. The predicted molar refractivity (Wildman–Crippen MR) is 88.9 cm³/mol. The number of methoxy groups -OCH3 is 1. The maximum Gasteiger partial charge on any atom is 0.315 e. The topological polar surface area (TPSA) is 50.4 Å². The van der Waals surface area contributed by atoms with Crippen molar-refractivity contribution < 1.29 is 9.53 Å². The van der Waals surface area contributed by atoms with Crippen molar-refractivity contribution >= 4 is 6.03 Å². The normalized spacial score (nSPS) is 20.9. The number of rotatable bonds is 5. The first kappa shape index (κ1) is 16.7. The highest BCUT2D eigenvalue weighted by atomic mass is 16.5. The smallest absolute Gasteiger partial charge is 0.315 e. The Kier molecular flexibility index (Phi) is 5.33. The van der Waals surface area contributed by atoms with Gasteiger partial charge >= 0.3 is 6.03 Å². The summed E-state index contributed by atoms with van der Waals surface area (Å²) in [4.78, 5) is 11.9. The Morgan fingerprint density at radius 3 is 2.41 bits per heavy atom. The van der Waals surface area contributed by atoms with Crippen molar-refractivity contribution in [3.05, 3.63) is 29.8 Å². The zero-order valence-electron chi connectivity index (χ0n) is 14.1. The molecule has 0 aliphatic heterocycles. The SMILES string of the molecule is COc1ccc(CNC(=O)N[C@H]2C[C@H](CC(C)(C)C)C2)cc1. The van der Waals surface area contributed by atoms with E-state index in [1.807, 2.05) is 24.3 Å². The van der Waals surface area contributed by atoms with Gasteiger partial charge in [0.2, 0.25) is 0 Å². The van der Waals surface area contributed by atoms with Crippen LogP contribution in [0.15, 0.2) is 24.3 Å². The standard InChI is InChI=1S/C18H28N2O2/c1-18(2,3)11-14-9-15(10-14)20-17(21)19-12-13-5-7-16(22-4)8-6-13/h5-8,14-15H,9-12H2,1-4H3,(H2,19,20,21)/t14-,15-. The number of carbonyl (C=O) groups excluding carboxylic acids is 1. The van der Waals surface area contributed by atoms with E-state index < -0.39 is 0 Å². The van der Waals surface area contributed by atoms with E-state index in [-0.39, 0.29) is 6.03 Å². The van der Waals surface area contributed by atoms with Gasteiger partial charge in [0.1, 0.15) is 5.75 Å². The van der Waals surface area contributed by atoms with Gasteiger partial charge in [-0.2, -0.15) is 0 Å². The second kappa shape index (κ2) is 7.03. The molecule has 0 heterocycles. The predicted octanol–water partition coefficient (Wildman–Crippen LogP) is 3.71. The van der Waals surface area contributed by atoms with Crippen molar-refractivity contribution in [2.24, 2.45) is 11.3 Å². The molecular weight excluding hydrogens is 276 g/mol. The van der Waals surface area contributed by atoms with Gasteiger partial charge in [0.15, 0.2) is 0 Å². The van der Waals surface area contributed by atoms with Gasteiger partial charge in [-0.25, -0.2) is 4.79 Å². The molecule has 2 rings (SSSR count). The molecule has 0 aromatic heterocycles. The van der Waals surface area contributed by atoms with E-state index in [4.69, 9.17) is 4.74 Å². The zero-order valence-corrected chi connectivity index (χ0v) is 14.1. The molecular formula is C18H28N2O2. The Labute approximate surface area is 133 Å². The number of hydrogen-bond acceptors (Lipinski definition) is 2. The zero-order chi connectivity index (χ0) is 16.2. The van der Waals surface area contributed by atoms with Crippen LogP contribution >= 0.6 is 0 Å². The molecule has 122 valence electrons. The van der Waals surface area contributed by atoms with E-state index in [2.05, 4.69) is 31.4 Å². The van der Waals surface area contributed by atoms with Crippen molar-refractivity contribution in [3.8, 4) is 5.75 Å². The Bertz CT molecular complexity index is 485. The lowest BCUT2D eigenvalue weighted by molar-refractivity contribution is 0.158. The average Bonchev–Trinajstić information content (AvgIpc) is 2.42. The second-order valence-electron chi connectivity index (χ2n) is 7.47. The molecule has 0 radical (unpaired) electrons. The molecule has 1 aromatic rings. The first-order valence-corrected chi connectivity index (χ1v) is 8.03. The van der Waals surface area contributed by atoms with Crippen molar-refractivity contribution in [2.45, 2.75) is 52.6 Å². The minimum Gasteiger partial charge on any atom is -0.497 e. The highest BCUT2D eigenvalue weighted by Gasteiger charge is 2.32. The quantitative estimate of drug-likeness (QED) is 0.871. The molecule has 1 aromatic carbocycles. The Morgan fingerprint density at radius 2 is 1.86 bits per heavy atom. The first-order chi connectivity index (χ1) is 10.4. The molecule has 0 spiro atoms. The maximum absolute atomic E-state index is 11.9. The Hall–Kier alpha value is -1.71. The minimum absolute atomic E-state index is 0.0740. The van der Waals surface area contributed by atoms with Crippen LogP contribution in [-0.4, -0.2) is 19.2 Å². The third-order valence-electron chi connectivity index (χ3n) is 4.08. The van der Waals surface area contributed by atoms with Crippen molar-refractivity contribution in [3.63, 3.8) is 0 Å². The molecule has 4 heteroatoms. The molecule has 4 nitrogen and oxygen atoms in total. The molecule has 1 saturated carbocycles. The summed E-state index contributed by atoms with van der Waals surface area (Å²) < 4.78 is 5.11. The number of carbonyl (C=O) groups is 1. The maximum atomic E-state index is 11.9. The van der Waals surface area contributed by atoms with Gasteiger partial charge in [-0.05, 0) is 48.3 Å². The largest absolute Gasteiger partial charge is 0.497 e. The Morgan fingerprint density at radius 1 is 1.23 bits per heavy atom. The van der Waals surface area contributed by atoms with E-state index >= 15 is 0 Å². The average molecular weight is 304 g/mol. The number of amides is 2. The summed E-state index contributed by atoms with van der Waals surface area (Å²) >= 11 is 0. The van der Waals surface area contributed by atoms with Crippen molar-refractivity contribution in [1.82, 2.24) is 10.6 Å². The van der Waals surface area contributed by atoms with Crippen LogP contribution in [0.3, 0.4) is 0 Å². The number of benzene rings is 1. The number of nitrogens with one attached hydrogen (secondary N) is 2. The molecule has 0 unspecified atom stereocenters. The van der Waals surface area contributed by atoms with Gasteiger partial charge in [0, 0.05) is 12.6 Å². The number of ether oxygens (including phenoxy) is 1. The van der Waals surface area contributed by atoms with Crippen LogP contribution in [0, 0.1) is 11.3 Å². The number of urea groups is 1. The van der Waals surface area contributed by atoms with Gasteiger partial charge in [0.25, 0.3) is 0 Å². The van der Waals surface area contributed by atoms with Gasteiger partial charge in [-0.1, -0.05) is 32.9 Å². The highest BCUT2D eigenvalue weighted by molar-refractivity contribution is 5.74. The summed E-state index contributed by atoms with van der Waals surface area (Å²) in [5.41, 5.74) is 1.45. The number of hydrogen-bond donors (Lipinski definition) is 2. The molecule has 2 N–H and O–H groups in total. The monoisotopic (exact) mass is 304 g/mol. The van der Waals surface area contributed by atoms with E-state index in [0.29, 0.717) is 18.0 Å². The highest BCUT2D eigenvalue weighted by Crippen LogP contribution is 2.37. The molecule has 2 amide bonds. The van der Waals surface area contributed by atoms with E-state index in [0.717, 1.165) is 30.1 Å². The summed E-state index contributed by atoms with van der Waals surface area (Å²) in [5.74, 6) is 1.58. The van der Waals surface area contributed by atoms with Crippen LogP contribution in [0.4, 0.5) is 4.79 Å². The van der Waals surface area contributed by atoms with Gasteiger partial charge in [0.05, 0.1) is 7.11 Å². The minimum atomic E-state index is -0.0740. The van der Waals surface area contributed by atoms with Crippen molar-refractivity contribution in [2.75, 3.05) is 7.11 Å². The lowest BCUT2D eigenvalue weighted by atomic mass is 9.71. The first-order valence-electron chi connectivity index (χ1n) is 8.03. The summed E-state index contributed by atoms with van der Waals surface area (Å²) in [7, 11) is 1.65. The van der Waals surface area contributed by atoms with Crippen LogP contribution in [0.2, 0.25) is 0 Å². The lowest BCUT2D eigenvalue weighted by Gasteiger charge is -2.39. The van der Waals surface area contributed by atoms with Crippen LogP contribution in [0.1, 0.15) is 45.6 Å². The molecule has 1 aliphatic rings. The third-order valence-corrected chi connectivity index (χ3v) is 4.08. The fourth-order valence-electron chi connectivity index (χ4n) is 3.05. The second-order valence-corrected chi connectivity index (χ2v) is 7.47. The van der Waals surface area contributed by atoms with Gasteiger partial charge in [-0.3, -0.25) is 0 Å². The fourth-order valence-corrected chi connectivity index (χ4v) is 3.05. The Balaban J connectivity index is 1.64. The summed E-state index contributed by atoms with van der Waals surface area (Å²) in [6, 6.07) is 7.98. The lowest BCUT2D eigenvalue weighted by Crippen LogP contribution is -2.48. The molecule has 0 atom stereocenters. The molecule has 0 bridgehead atoms. The van der Waals surface area contributed by atoms with E-state index in [1.165, 1.54) is 6.42 Å². The van der Waals surface area contributed by atoms with Crippen LogP contribution < -0.4 is 15.4 Å². The molecule has 22 heavy (non-hydrogen) atoms. The van der Waals surface area contributed by atoms with Crippen molar-refractivity contribution in [1.29, 1.82) is 0 Å². The summed E-state index contributed by atoms with van der Waals surface area (Å²) in [5, 5.41) is 5.96. The third kappa shape index (κ3) is 5.24. The van der Waals surface area contributed by atoms with Gasteiger partial charge < -0.3 is 15.4 Å². The fraction of sp³-hybridized carbons (Fsp3) is 0.611. The van der Waals surface area contributed by atoms with E-state index in [1.54, 1.807) is 7.11 Å². The van der Waals surface area contributed by atoms with Crippen LogP contribution in [-0.2, 0) is 6.54 Å². The van der Waals surface area contributed by atoms with Gasteiger partial charge in [-0.15, -0.1) is 0 Å². The van der Waals surface area contributed by atoms with Crippen LogP contribution in [0.25, 0.3) is 0 Å². The summed E-state index contributed by atoms with van der Waals surface area (Å²) in [6.45, 7) is 7.36.